The number of hydrogen-bond donors (Lipinski definition) is 3. The van der Waals surface area contributed by atoms with E-state index in [0.717, 1.165) is 11.1 Å². The molecule has 5 rings (SSSR count). The lowest BCUT2D eigenvalue weighted by Gasteiger charge is -2.28. The Labute approximate surface area is 187 Å². The number of nitrogens with one attached hydrogen (secondary N) is 2. The minimum Gasteiger partial charge on any atom is -0.478 e. The molecule has 2 aromatic rings. The first-order valence-electron chi connectivity index (χ1n) is 10.4. The molecular weight excluding hydrogens is 434 g/mol. The van der Waals surface area contributed by atoms with Gasteiger partial charge in [-0.1, -0.05) is 24.3 Å². The number of dihydropyridines is 1. The molecule has 1 fully saturated rings. The van der Waals surface area contributed by atoms with Crippen molar-refractivity contribution in [2.24, 2.45) is 0 Å². The topological polar surface area (TPSA) is 96.9 Å². The van der Waals surface area contributed by atoms with Gasteiger partial charge in [0.25, 0.3) is 0 Å². The number of alkyl halides is 2. The van der Waals surface area contributed by atoms with Crippen LogP contribution in [0.15, 0.2) is 66.0 Å². The molecular formula is C24H20F2N2O5. The Morgan fingerprint density at radius 1 is 1.09 bits per heavy atom. The van der Waals surface area contributed by atoms with Crippen LogP contribution in [-0.4, -0.2) is 23.3 Å². The second kappa shape index (κ2) is 7.33. The molecule has 0 spiro atoms. The average Bonchev–Trinajstić information content (AvgIpc) is 3.52. The smallest absolute Gasteiger partial charge is 0.478 e. The summed E-state index contributed by atoms with van der Waals surface area (Å²) >= 11 is 0. The fourth-order valence-electron chi connectivity index (χ4n) is 4.16. The van der Waals surface area contributed by atoms with Crippen LogP contribution in [0.3, 0.4) is 0 Å². The summed E-state index contributed by atoms with van der Waals surface area (Å²) in [6.45, 7) is 1.91. The van der Waals surface area contributed by atoms with E-state index in [1.807, 2.05) is 19.1 Å². The summed E-state index contributed by atoms with van der Waals surface area (Å²) in [6.07, 6.45) is 1.02. The van der Waals surface area contributed by atoms with Gasteiger partial charge in [0.1, 0.15) is 5.82 Å². The molecule has 7 nitrogen and oxygen atoms in total. The van der Waals surface area contributed by atoms with Gasteiger partial charge in [-0.15, -0.1) is 8.78 Å². The number of ether oxygens (including phenoxy) is 2. The van der Waals surface area contributed by atoms with E-state index in [0.29, 0.717) is 24.2 Å². The van der Waals surface area contributed by atoms with Crippen LogP contribution in [0.5, 0.6) is 11.5 Å². The highest BCUT2D eigenvalue weighted by atomic mass is 19.3. The van der Waals surface area contributed by atoms with Crippen LogP contribution in [0, 0.1) is 0 Å². The van der Waals surface area contributed by atoms with Crippen molar-refractivity contribution in [2.45, 2.75) is 37.5 Å². The highest BCUT2D eigenvalue weighted by molar-refractivity contribution is 5.92. The predicted octanol–water partition coefficient (Wildman–Crippen LogP) is 3.99. The van der Waals surface area contributed by atoms with Gasteiger partial charge in [-0.3, -0.25) is 4.79 Å². The van der Waals surface area contributed by atoms with Gasteiger partial charge in [-0.2, -0.15) is 0 Å². The second-order valence-corrected chi connectivity index (χ2v) is 8.36. The third-order valence-electron chi connectivity index (χ3n) is 6.12. The third-order valence-corrected chi connectivity index (χ3v) is 6.12. The van der Waals surface area contributed by atoms with Crippen molar-refractivity contribution in [1.29, 1.82) is 0 Å². The fraction of sp³-hybridized carbons (Fsp3) is 0.250. The Hall–Kier alpha value is -3.88. The molecule has 3 N–H and O–H groups in total. The number of amides is 1. The Balaban J connectivity index is 1.33. The Morgan fingerprint density at radius 3 is 2.58 bits per heavy atom. The number of carbonyl (C=O) groups excluding carboxylic acids is 1. The largest absolute Gasteiger partial charge is 0.586 e. The van der Waals surface area contributed by atoms with E-state index in [4.69, 9.17) is 0 Å². The molecule has 2 aliphatic heterocycles. The van der Waals surface area contributed by atoms with E-state index in [9.17, 15) is 23.5 Å². The van der Waals surface area contributed by atoms with E-state index in [1.54, 1.807) is 24.3 Å². The molecule has 170 valence electrons. The maximum atomic E-state index is 13.3. The van der Waals surface area contributed by atoms with Crippen LogP contribution in [-0.2, 0) is 10.2 Å². The number of fused-ring (bicyclic) bond motifs is 1. The Morgan fingerprint density at radius 2 is 1.85 bits per heavy atom. The van der Waals surface area contributed by atoms with Gasteiger partial charge in [0.2, 0.25) is 5.91 Å². The molecule has 2 aromatic carbocycles. The minimum atomic E-state index is -3.71. The lowest BCUT2D eigenvalue weighted by Crippen LogP contribution is -2.40. The number of halogens is 2. The van der Waals surface area contributed by atoms with Crippen LogP contribution in [0.1, 0.15) is 47.3 Å². The molecule has 1 unspecified atom stereocenters. The molecule has 2 heterocycles. The van der Waals surface area contributed by atoms with Crippen molar-refractivity contribution in [1.82, 2.24) is 10.6 Å². The molecule has 1 atom stereocenters. The zero-order valence-electron chi connectivity index (χ0n) is 17.5. The maximum Gasteiger partial charge on any atom is 0.586 e. The molecule has 9 heteroatoms. The number of carbonyl (C=O) groups is 2. The summed E-state index contributed by atoms with van der Waals surface area (Å²) in [6, 6.07) is 10.7. The Bertz CT molecular complexity index is 1230. The molecule has 0 bridgehead atoms. The third kappa shape index (κ3) is 3.79. The highest BCUT2D eigenvalue weighted by Gasteiger charge is 2.53. The molecule has 0 radical (unpaired) electrons. The summed E-state index contributed by atoms with van der Waals surface area (Å²) in [5.41, 5.74) is 1.62. The molecule has 1 amide bonds. The quantitative estimate of drug-likeness (QED) is 0.632. The molecule has 1 saturated carbocycles. The lowest BCUT2D eigenvalue weighted by molar-refractivity contribution is -0.286. The van der Waals surface area contributed by atoms with E-state index in [1.165, 1.54) is 18.2 Å². The van der Waals surface area contributed by atoms with Gasteiger partial charge >= 0.3 is 12.3 Å². The normalized spacial score (nSPS) is 21.4. The van der Waals surface area contributed by atoms with Crippen LogP contribution < -0.4 is 20.1 Å². The first-order chi connectivity index (χ1) is 15.7. The fourth-order valence-corrected chi connectivity index (χ4v) is 4.16. The molecule has 0 aromatic heterocycles. The van der Waals surface area contributed by atoms with Gasteiger partial charge < -0.3 is 25.2 Å². The number of rotatable bonds is 5. The first-order valence-corrected chi connectivity index (χ1v) is 10.4. The molecule has 3 aliphatic rings. The molecule has 1 aliphatic carbocycles. The summed E-state index contributed by atoms with van der Waals surface area (Å²) < 4.78 is 35.7. The standard InChI is InChI=1S/C24H20F2N2O5/c1-13-5-8-19(27-20(13)14-3-2-4-15(11-14)21(29)30)28-22(31)23(9-10-23)16-6-7-17-18(12-16)33-24(25,26)32-17/h2-8,11-12,20,27H,9-10H2,1H3,(H,28,31)(H,29,30). The van der Waals surface area contributed by atoms with Gasteiger partial charge in [-0.25, -0.2) is 4.79 Å². The van der Waals surface area contributed by atoms with Crippen molar-refractivity contribution < 1.29 is 33.0 Å². The van der Waals surface area contributed by atoms with Crippen LogP contribution in [0.2, 0.25) is 0 Å². The predicted molar refractivity (Wildman–Crippen MR) is 113 cm³/mol. The zero-order valence-corrected chi connectivity index (χ0v) is 17.5. The number of carboxylic acid groups (broad SMARTS) is 1. The van der Waals surface area contributed by atoms with Crippen molar-refractivity contribution in [3.05, 3.63) is 82.7 Å². The highest BCUT2D eigenvalue weighted by Crippen LogP contribution is 2.52. The summed E-state index contributed by atoms with van der Waals surface area (Å²) in [5.74, 6) is -0.976. The van der Waals surface area contributed by atoms with Gasteiger partial charge in [0.15, 0.2) is 11.5 Å². The Kier molecular flexibility index (Phi) is 4.66. The number of carboxylic acids is 1. The van der Waals surface area contributed by atoms with Gasteiger partial charge in [0.05, 0.1) is 17.0 Å². The van der Waals surface area contributed by atoms with Crippen molar-refractivity contribution >= 4 is 11.9 Å². The van der Waals surface area contributed by atoms with Crippen LogP contribution in [0.4, 0.5) is 8.78 Å². The average molecular weight is 454 g/mol. The van der Waals surface area contributed by atoms with Gasteiger partial charge in [-0.05, 0) is 66.8 Å². The minimum absolute atomic E-state index is 0.0661. The van der Waals surface area contributed by atoms with Crippen molar-refractivity contribution in [3.63, 3.8) is 0 Å². The number of aromatic carboxylic acids is 1. The maximum absolute atomic E-state index is 13.3. The van der Waals surface area contributed by atoms with E-state index >= 15 is 0 Å². The summed E-state index contributed by atoms with van der Waals surface area (Å²) in [7, 11) is 0. The summed E-state index contributed by atoms with van der Waals surface area (Å²) in [4.78, 5) is 24.5. The first kappa shape index (κ1) is 21.0. The molecule has 0 saturated heterocycles. The number of benzene rings is 2. The lowest BCUT2D eigenvalue weighted by atomic mass is 9.94. The van der Waals surface area contributed by atoms with Crippen LogP contribution in [0.25, 0.3) is 0 Å². The van der Waals surface area contributed by atoms with Crippen molar-refractivity contribution in [2.75, 3.05) is 0 Å². The second-order valence-electron chi connectivity index (χ2n) is 8.36. The zero-order chi connectivity index (χ0) is 23.4. The monoisotopic (exact) mass is 454 g/mol. The molecule has 33 heavy (non-hydrogen) atoms. The van der Waals surface area contributed by atoms with E-state index in [2.05, 4.69) is 20.1 Å². The number of allylic oxidation sites excluding steroid dienone is 2. The van der Waals surface area contributed by atoms with Crippen molar-refractivity contribution in [3.8, 4) is 11.5 Å². The van der Waals surface area contributed by atoms with E-state index < -0.39 is 17.7 Å². The summed E-state index contributed by atoms with van der Waals surface area (Å²) in [5, 5.41) is 15.4. The SMILES string of the molecule is CC1=CC=C(NC(=O)C2(c3ccc4c(c3)OC(F)(F)O4)CC2)NC1c1cccc(C(=O)O)c1. The van der Waals surface area contributed by atoms with Gasteiger partial charge in [0, 0.05) is 0 Å². The van der Waals surface area contributed by atoms with E-state index in [-0.39, 0.29) is 29.0 Å². The number of hydrogen-bond acceptors (Lipinski definition) is 5. The van der Waals surface area contributed by atoms with Crippen LogP contribution >= 0.6 is 0 Å².